The zero-order valence-electron chi connectivity index (χ0n) is 17.8. The van der Waals surface area contributed by atoms with Gasteiger partial charge in [-0.2, -0.15) is 0 Å². The van der Waals surface area contributed by atoms with Gasteiger partial charge in [-0.3, -0.25) is 4.79 Å². The van der Waals surface area contributed by atoms with Crippen LogP contribution in [0.3, 0.4) is 0 Å². The molecule has 1 saturated heterocycles. The maximum absolute atomic E-state index is 13.2. The van der Waals surface area contributed by atoms with Gasteiger partial charge >= 0.3 is 6.03 Å². The molecule has 1 aliphatic carbocycles. The maximum Gasteiger partial charge on any atom is 0.319 e. The highest BCUT2D eigenvalue weighted by Crippen LogP contribution is 2.41. The van der Waals surface area contributed by atoms with Crippen LogP contribution in [-0.4, -0.2) is 25.2 Å². The fourth-order valence-corrected chi connectivity index (χ4v) is 4.49. The first-order valence-corrected chi connectivity index (χ1v) is 11.0. The number of halogens is 1. The summed E-state index contributed by atoms with van der Waals surface area (Å²) in [5, 5.41) is 8.66. The summed E-state index contributed by atoms with van der Waals surface area (Å²) in [6, 6.07) is 11.3. The number of nitrogens with one attached hydrogen (secondary N) is 3. The van der Waals surface area contributed by atoms with Crippen molar-refractivity contribution in [1.82, 2.24) is 10.6 Å². The van der Waals surface area contributed by atoms with Crippen molar-refractivity contribution >= 4 is 29.2 Å². The van der Waals surface area contributed by atoms with Crippen molar-refractivity contribution in [2.75, 3.05) is 12.4 Å². The minimum atomic E-state index is -0.795. The second-order valence-electron chi connectivity index (χ2n) is 7.98. The van der Waals surface area contributed by atoms with E-state index in [1.165, 1.54) is 0 Å². The summed E-state index contributed by atoms with van der Waals surface area (Å²) in [4.78, 5) is 25.4. The fourth-order valence-electron chi connectivity index (χ4n) is 4.22. The minimum absolute atomic E-state index is 0.133. The lowest BCUT2D eigenvalue weighted by Gasteiger charge is -2.34. The largest absolute Gasteiger partial charge is 0.493 e. The third-order valence-corrected chi connectivity index (χ3v) is 6.13. The van der Waals surface area contributed by atoms with Crippen LogP contribution in [0, 0.1) is 5.92 Å². The monoisotopic (exact) mass is 455 g/mol. The Morgan fingerprint density at radius 2 is 1.88 bits per heavy atom. The highest BCUT2D eigenvalue weighted by Gasteiger charge is 2.39. The van der Waals surface area contributed by atoms with Crippen LogP contribution in [0.25, 0.3) is 0 Å². The topological polar surface area (TPSA) is 88.7 Å². The van der Waals surface area contributed by atoms with E-state index in [1.54, 1.807) is 31.4 Å². The number of anilines is 1. The van der Waals surface area contributed by atoms with Crippen molar-refractivity contribution in [2.24, 2.45) is 5.92 Å². The van der Waals surface area contributed by atoms with Crippen LogP contribution in [0.1, 0.15) is 37.3 Å². The zero-order chi connectivity index (χ0) is 22.7. The summed E-state index contributed by atoms with van der Waals surface area (Å²) in [5.41, 5.74) is 1.48. The van der Waals surface area contributed by atoms with E-state index in [-0.39, 0.29) is 17.7 Å². The van der Waals surface area contributed by atoms with E-state index in [2.05, 4.69) is 22.5 Å². The average molecular weight is 456 g/mol. The van der Waals surface area contributed by atoms with E-state index in [0.29, 0.717) is 27.8 Å². The van der Waals surface area contributed by atoms with Crippen molar-refractivity contribution < 1.29 is 19.1 Å². The Kier molecular flexibility index (Phi) is 6.55. The van der Waals surface area contributed by atoms with Gasteiger partial charge in [-0.1, -0.05) is 36.4 Å². The van der Waals surface area contributed by atoms with E-state index in [9.17, 15) is 9.59 Å². The molecule has 1 heterocycles. The normalized spacial score (nSPS) is 20.9. The molecule has 0 bridgehead atoms. The Hall–Kier alpha value is -3.19. The molecule has 168 valence electrons. The highest BCUT2D eigenvalue weighted by molar-refractivity contribution is 6.31. The van der Waals surface area contributed by atoms with E-state index in [0.717, 1.165) is 25.7 Å². The minimum Gasteiger partial charge on any atom is -0.493 e. The van der Waals surface area contributed by atoms with Gasteiger partial charge in [0.15, 0.2) is 11.5 Å². The summed E-state index contributed by atoms with van der Waals surface area (Å²) >= 11 is 6.63. The standard InChI is InChI=1S/C24H26ClN3O4/c1-14-21(23(29)27-15-8-4-3-5-9-15)22(28-24(30)26-14)17-12-19(31-2)20(13-18(17)25)32-16-10-6-7-11-16/h3-5,8-9,12-13,16,21-22H,1,6-7,10-11H2,2H3,(H,27,29)(H2,26,28,30)/t21-,22+/m0/s1. The van der Waals surface area contributed by atoms with Crippen LogP contribution in [-0.2, 0) is 4.79 Å². The number of para-hydroxylation sites is 1. The third kappa shape index (κ3) is 4.67. The first-order valence-electron chi connectivity index (χ1n) is 10.6. The fraction of sp³-hybridized carbons (Fsp3) is 0.333. The molecule has 32 heavy (non-hydrogen) atoms. The summed E-state index contributed by atoms with van der Waals surface area (Å²) < 4.78 is 11.7. The number of urea groups is 1. The molecular formula is C24H26ClN3O4. The molecule has 1 saturated carbocycles. The van der Waals surface area contributed by atoms with Crippen LogP contribution in [0.15, 0.2) is 54.7 Å². The quantitative estimate of drug-likeness (QED) is 0.584. The number of carbonyl (C=O) groups excluding carboxylic acids is 2. The second-order valence-corrected chi connectivity index (χ2v) is 8.39. The molecule has 0 spiro atoms. The van der Waals surface area contributed by atoms with Crippen molar-refractivity contribution in [2.45, 2.75) is 37.8 Å². The molecule has 4 rings (SSSR count). The summed E-state index contributed by atoms with van der Waals surface area (Å²) in [6.07, 6.45) is 4.40. The van der Waals surface area contributed by atoms with Gasteiger partial charge in [-0.05, 0) is 49.4 Å². The predicted molar refractivity (Wildman–Crippen MR) is 123 cm³/mol. The van der Waals surface area contributed by atoms with E-state index < -0.39 is 18.0 Å². The van der Waals surface area contributed by atoms with E-state index in [1.807, 2.05) is 18.2 Å². The maximum atomic E-state index is 13.2. The second kappa shape index (κ2) is 9.53. The molecule has 0 radical (unpaired) electrons. The summed E-state index contributed by atoms with van der Waals surface area (Å²) in [5.74, 6) is -0.0637. The van der Waals surface area contributed by atoms with Crippen LogP contribution in [0.4, 0.5) is 10.5 Å². The molecule has 0 unspecified atom stereocenters. The predicted octanol–water partition coefficient (Wildman–Crippen LogP) is 4.79. The molecule has 2 aromatic carbocycles. The Balaban J connectivity index is 1.65. The molecule has 8 heteroatoms. The van der Waals surface area contributed by atoms with Crippen molar-refractivity contribution in [3.8, 4) is 11.5 Å². The summed E-state index contributed by atoms with van der Waals surface area (Å²) in [7, 11) is 1.55. The van der Waals surface area contributed by atoms with Gasteiger partial charge in [0.25, 0.3) is 0 Å². The molecule has 2 aliphatic rings. The van der Waals surface area contributed by atoms with Gasteiger partial charge in [-0.25, -0.2) is 4.79 Å². The molecule has 3 amide bonds. The molecule has 0 aromatic heterocycles. The lowest BCUT2D eigenvalue weighted by Crippen LogP contribution is -2.51. The van der Waals surface area contributed by atoms with Gasteiger partial charge in [0.05, 0.1) is 19.3 Å². The number of carbonyl (C=O) groups is 2. The van der Waals surface area contributed by atoms with Crippen molar-refractivity contribution in [3.63, 3.8) is 0 Å². The lowest BCUT2D eigenvalue weighted by molar-refractivity contribution is -0.119. The van der Waals surface area contributed by atoms with Crippen LogP contribution in [0.5, 0.6) is 11.5 Å². The first-order chi connectivity index (χ1) is 15.5. The molecule has 2 atom stereocenters. The van der Waals surface area contributed by atoms with Crippen LogP contribution < -0.4 is 25.4 Å². The number of hydrogen-bond donors (Lipinski definition) is 3. The third-order valence-electron chi connectivity index (χ3n) is 5.81. The van der Waals surface area contributed by atoms with Gasteiger partial charge in [0.1, 0.15) is 5.92 Å². The number of rotatable bonds is 6. The smallest absolute Gasteiger partial charge is 0.319 e. The van der Waals surface area contributed by atoms with E-state index >= 15 is 0 Å². The summed E-state index contributed by atoms with van der Waals surface area (Å²) in [6.45, 7) is 3.91. The molecular weight excluding hydrogens is 430 g/mol. The van der Waals surface area contributed by atoms with Gasteiger partial charge < -0.3 is 25.4 Å². The SMILES string of the molecule is C=C1NC(=O)N[C@H](c2cc(OC)c(OC3CCCC3)cc2Cl)[C@H]1C(=O)Nc1ccccc1. The van der Waals surface area contributed by atoms with Gasteiger partial charge in [-0.15, -0.1) is 0 Å². The Labute approximate surface area is 192 Å². The number of hydrogen-bond acceptors (Lipinski definition) is 4. The average Bonchev–Trinajstić information content (AvgIpc) is 3.27. The lowest BCUT2D eigenvalue weighted by atomic mass is 9.88. The highest BCUT2D eigenvalue weighted by atomic mass is 35.5. The first kappa shape index (κ1) is 22.0. The molecule has 2 aromatic rings. The van der Waals surface area contributed by atoms with Crippen LogP contribution >= 0.6 is 11.6 Å². The molecule has 1 aliphatic heterocycles. The van der Waals surface area contributed by atoms with Crippen molar-refractivity contribution in [3.05, 3.63) is 65.3 Å². The van der Waals surface area contributed by atoms with Crippen LogP contribution in [0.2, 0.25) is 5.02 Å². The number of ether oxygens (including phenoxy) is 2. The Morgan fingerprint density at radius 3 is 2.56 bits per heavy atom. The van der Waals surface area contributed by atoms with Gasteiger partial charge in [0, 0.05) is 22.5 Å². The number of methoxy groups -OCH3 is 1. The molecule has 3 N–H and O–H groups in total. The Bertz CT molecular complexity index is 1020. The van der Waals surface area contributed by atoms with E-state index in [4.69, 9.17) is 21.1 Å². The van der Waals surface area contributed by atoms with Crippen molar-refractivity contribution in [1.29, 1.82) is 0 Å². The van der Waals surface area contributed by atoms with Gasteiger partial charge in [0.2, 0.25) is 5.91 Å². The zero-order valence-corrected chi connectivity index (χ0v) is 18.6. The number of amides is 3. The number of benzene rings is 2. The molecule has 2 fully saturated rings. The molecule has 7 nitrogen and oxygen atoms in total. The Morgan fingerprint density at radius 1 is 1.16 bits per heavy atom.